The van der Waals surface area contributed by atoms with E-state index in [1.807, 2.05) is 13.8 Å². The van der Waals surface area contributed by atoms with Crippen LogP contribution in [0.3, 0.4) is 0 Å². The number of rotatable bonds is 6. The summed E-state index contributed by atoms with van der Waals surface area (Å²) in [4.78, 5) is 19.6. The molecule has 0 aliphatic rings. The summed E-state index contributed by atoms with van der Waals surface area (Å²) in [6.45, 7) is 4.01. The van der Waals surface area contributed by atoms with Crippen molar-refractivity contribution in [2.24, 2.45) is 0 Å². The third kappa shape index (κ3) is 22.8. The summed E-state index contributed by atoms with van der Waals surface area (Å²) in [5.41, 5.74) is 0. The number of carbonyl (C=O) groups is 2. The lowest BCUT2D eigenvalue weighted by Gasteiger charge is -1.79. The molecule has 16 heavy (non-hydrogen) atoms. The summed E-state index contributed by atoms with van der Waals surface area (Å²) in [6, 6.07) is 0. The molecule has 4 heteroatoms. The van der Waals surface area contributed by atoms with Crippen molar-refractivity contribution in [3.8, 4) is 0 Å². The minimum Gasteiger partial charge on any atom is -0.478 e. The Morgan fingerprint density at radius 3 is 1.38 bits per heavy atom. The molecule has 0 radical (unpaired) electrons. The summed E-state index contributed by atoms with van der Waals surface area (Å²) in [5.74, 6) is -1.73. The van der Waals surface area contributed by atoms with E-state index in [4.69, 9.17) is 10.2 Å². The molecular weight excluding hydrogens is 208 g/mol. The maximum absolute atomic E-state index is 9.79. The van der Waals surface area contributed by atoms with Crippen molar-refractivity contribution in [1.82, 2.24) is 0 Å². The molecule has 92 valence electrons. The average Bonchev–Trinajstić information content (AvgIpc) is 2.18. The summed E-state index contributed by atoms with van der Waals surface area (Å²) >= 11 is 0. The number of allylic oxidation sites excluding steroid dienone is 2. The molecule has 4 nitrogen and oxygen atoms in total. The zero-order valence-corrected chi connectivity index (χ0v) is 9.85. The first-order valence-electron chi connectivity index (χ1n) is 5.33. The van der Waals surface area contributed by atoms with Crippen molar-refractivity contribution < 1.29 is 19.8 Å². The van der Waals surface area contributed by atoms with Crippen LogP contribution in [0, 0.1) is 0 Å². The number of carboxylic acids is 2. The Bertz CT molecular complexity index is 215. The number of hydrogen-bond acceptors (Lipinski definition) is 2. The largest absolute Gasteiger partial charge is 0.478 e. The first kappa shape index (κ1) is 16.8. The number of aliphatic carboxylic acids is 2. The quantitative estimate of drug-likeness (QED) is 0.685. The van der Waals surface area contributed by atoms with Crippen LogP contribution in [0.4, 0.5) is 0 Å². The number of hydrogen-bond donors (Lipinski definition) is 2. The Morgan fingerprint density at radius 2 is 1.19 bits per heavy atom. The van der Waals surface area contributed by atoms with Crippen LogP contribution >= 0.6 is 0 Å². The summed E-state index contributed by atoms with van der Waals surface area (Å²) in [7, 11) is 0. The number of unbranched alkanes of at least 4 members (excludes halogenated alkanes) is 2. The van der Waals surface area contributed by atoms with Gasteiger partial charge in [-0.15, -0.1) is 0 Å². The van der Waals surface area contributed by atoms with Crippen LogP contribution in [0.2, 0.25) is 0 Å². The first-order valence-corrected chi connectivity index (χ1v) is 5.33. The zero-order valence-electron chi connectivity index (χ0n) is 9.85. The van der Waals surface area contributed by atoms with Crippen LogP contribution in [0.1, 0.15) is 39.5 Å². The van der Waals surface area contributed by atoms with E-state index in [1.54, 1.807) is 12.2 Å². The Morgan fingerprint density at radius 1 is 0.875 bits per heavy atom. The summed E-state index contributed by atoms with van der Waals surface area (Å²) in [5, 5.41) is 16.1. The lowest BCUT2D eigenvalue weighted by molar-refractivity contribution is -0.132. The van der Waals surface area contributed by atoms with E-state index in [0.717, 1.165) is 25.7 Å². The third-order valence-electron chi connectivity index (χ3n) is 1.43. The third-order valence-corrected chi connectivity index (χ3v) is 1.43. The Hall–Kier alpha value is -1.58. The Kier molecular flexibility index (Phi) is 14.1. The highest BCUT2D eigenvalue weighted by Gasteiger charge is 1.81. The maximum Gasteiger partial charge on any atom is 0.327 e. The van der Waals surface area contributed by atoms with Crippen LogP contribution in [0.15, 0.2) is 24.3 Å². The van der Waals surface area contributed by atoms with Crippen molar-refractivity contribution in [3.63, 3.8) is 0 Å². The van der Waals surface area contributed by atoms with Gasteiger partial charge in [-0.05, 0) is 12.8 Å². The van der Waals surface area contributed by atoms with Gasteiger partial charge in [-0.25, -0.2) is 9.59 Å². The average molecular weight is 228 g/mol. The van der Waals surface area contributed by atoms with E-state index in [0.29, 0.717) is 0 Å². The molecule has 0 aliphatic carbocycles. The smallest absolute Gasteiger partial charge is 0.327 e. The van der Waals surface area contributed by atoms with E-state index >= 15 is 0 Å². The molecule has 0 bridgehead atoms. The Balaban J connectivity index is 0. The molecule has 2 N–H and O–H groups in total. The fraction of sp³-hybridized carbons (Fsp3) is 0.500. The van der Waals surface area contributed by atoms with Gasteiger partial charge in [0.05, 0.1) is 0 Å². The molecule has 0 aromatic carbocycles. The predicted molar refractivity (Wildman–Crippen MR) is 63.4 cm³/mol. The van der Waals surface area contributed by atoms with Gasteiger partial charge in [0.15, 0.2) is 0 Å². The van der Waals surface area contributed by atoms with Crippen LogP contribution in [0.5, 0.6) is 0 Å². The predicted octanol–water partition coefficient (Wildman–Crippen LogP) is 2.85. The first-order chi connectivity index (χ1) is 7.54. The minimum atomic E-state index is -0.863. The standard InChI is InChI=1S/2C6H10O2/c2*1-2-3-4-5-6(7)8/h2*4-5H,2-3H2,1H3,(H,7,8). The zero-order chi connectivity index (χ0) is 12.8. The van der Waals surface area contributed by atoms with Crippen LogP contribution in [-0.4, -0.2) is 22.2 Å². The lowest BCUT2D eigenvalue weighted by Crippen LogP contribution is -1.84. The van der Waals surface area contributed by atoms with Gasteiger partial charge in [0, 0.05) is 12.2 Å². The van der Waals surface area contributed by atoms with Crippen molar-refractivity contribution in [2.75, 3.05) is 0 Å². The van der Waals surface area contributed by atoms with E-state index in [-0.39, 0.29) is 0 Å². The molecule has 0 saturated carbocycles. The second-order valence-corrected chi connectivity index (χ2v) is 3.06. The summed E-state index contributed by atoms with van der Waals surface area (Å²) < 4.78 is 0. The molecule has 0 atom stereocenters. The van der Waals surface area contributed by atoms with Gasteiger partial charge in [0.1, 0.15) is 0 Å². The van der Waals surface area contributed by atoms with E-state index in [1.165, 1.54) is 12.2 Å². The van der Waals surface area contributed by atoms with Gasteiger partial charge in [-0.1, -0.05) is 38.8 Å². The second-order valence-electron chi connectivity index (χ2n) is 3.06. The van der Waals surface area contributed by atoms with E-state index in [9.17, 15) is 9.59 Å². The van der Waals surface area contributed by atoms with Crippen molar-refractivity contribution >= 4 is 11.9 Å². The maximum atomic E-state index is 9.79. The second kappa shape index (κ2) is 13.4. The Labute approximate surface area is 96.3 Å². The highest BCUT2D eigenvalue weighted by Crippen LogP contribution is 1.87. The molecule has 0 aromatic rings. The van der Waals surface area contributed by atoms with Gasteiger partial charge in [-0.3, -0.25) is 0 Å². The van der Waals surface area contributed by atoms with Gasteiger partial charge in [-0.2, -0.15) is 0 Å². The highest BCUT2D eigenvalue weighted by molar-refractivity contribution is 5.79. The minimum absolute atomic E-state index is 0.853. The highest BCUT2D eigenvalue weighted by atomic mass is 16.4. The van der Waals surface area contributed by atoms with E-state index in [2.05, 4.69) is 0 Å². The lowest BCUT2D eigenvalue weighted by atomic mass is 10.3. The summed E-state index contributed by atoms with van der Waals surface area (Å²) in [6.07, 6.45) is 9.36. The van der Waals surface area contributed by atoms with Crippen molar-refractivity contribution in [1.29, 1.82) is 0 Å². The fourth-order valence-electron chi connectivity index (χ4n) is 0.702. The van der Waals surface area contributed by atoms with Crippen molar-refractivity contribution in [3.05, 3.63) is 24.3 Å². The molecule has 0 fully saturated rings. The molecule has 0 spiro atoms. The molecule has 0 rings (SSSR count). The molecule has 0 amide bonds. The van der Waals surface area contributed by atoms with Gasteiger partial charge in [0.2, 0.25) is 0 Å². The van der Waals surface area contributed by atoms with Crippen LogP contribution in [0.25, 0.3) is 0 Å². The molecular formula is C12H20O4. The van der Waals surface area contributed by atoms with Crippen LogP contribution in [-0.2, 0) is 9.59 Å². The molecule has 0 saturated heterocycles. The molecule has 0 aliphatic heterocycles. The fourth-order valence-corrected chi connectivity index (χ4v) is 0.702. The van der Waals surface area contributed by atoms with E-state index < -0.39 is 11.9 Å². The topological polar surface area (TPSA) is 74.6 Å². The normalized spacial score (nSPS) is 10.1. The van der Waals surface area contributed by atoms with Crippen LogP contribution < -0.4 is 0 Å². The molecule has 0 aromatic heterocycles. The molecule has 0 heterocycles. The van der Waals surface area contributed by atoms with Gasteiger partial charge in [0.25, 0.3) is 0 Å². The number of carboxylic acid groups (broad SMARTS) is 2. The van der Waals surface area contributed by atoms with Crippen molar-refractivity contribution in [2.45, 2.75) is 39.5 Å². The SMILES string of the molecule is CCCC=CC(=O)O.CCCC=CC(=O)O. The monoisotopic (exact) mass is 228 g/mol. The van der Waals surface area contributed by atoms with Gasteiger partial charge < -0.3 is 10.2 Å². The molecule has 0 unspecified atom stereocenters. The van der Waals surface area contributed by atoms with Gasteiger partial charge >= 0.3 is 11.9 Å².